The Morgan fingerprint density at radius 2 is 1.77 bits per heavy atom. The minimum atomic E-state index is -0.509. The number of rotatable bonds is 5. The lowest BCUT2D eigenvalue weighted by atomic mass is 10.1. The Labute approximate surface area is 149 Å². The standard InChI is InChI=1S/C21H16N2O3/c24-13-20(25)14-9-10-18-19(12-14)23-21(22-18)15-5-4-8-17(11-15)26-16-6-2-1-3-7-16/h1-12,24H,13H2,(H,22,23). The number of fused-ring (bicyclic) bond motifs is 1. The van der Waals surface area contributed by atoms with E-state index < -0.39 is 6.61 Å². The SMILES string of the molecule is O=C(CO)c1ccc2nc(-c3cccc(Oc4ccccc4)c3)[nH]c2c1. The molecule has 0 unspecified atom stereocenters. The van der Waals surface area contributed by atoms with Crippen LogP contribution in [0, 0.1) is 0 Å². The molecule has 1 heterocycles. The molecule has 0 radical (unpaired) electrons. The van der Waals surface area contributed by atoms with Gasteiger partial charge in [-0.25, -0.2) is 4.98 Å². The van der Waals surface area contributed by atoms with Gasteiger partial charge in [-0.15, -0.1) is 0 Å². The topological polar surface area (TPSA) is 75.2 Å². The Hall–Kier alpha value is -3.44. The third-order valence-corrected chi connectivity index (χ3v) is 4.03. The molecule has 0 bridgehead atoms. The maximum atomic E-state index is 11.7. The Kier molecular flexibility index (Phi) is 4.21. The molecule has 4 aromatic rings. The first-order chi connectivity index (χ1) is 12.7. The highest BCUT2D eigenvalue weighted by atomic mass is 16.5. The van der Waals surface area contributed by atoms with Crippen LogP contribution >= 0.6 is 0 Å². The van der Waals surface area contributed by atoms with Crippen molar-refractivity contribution < 1.29 is 14.6 Å². The quantitative estimate of drug-likeness (QED) is 0.532. The van der Waals surface area contributed by atoms with Gasteiger partial charge >= 0.3 is 0 Å². The molecule has 0 spiro atoms. The molecule has 128 valence electrons. The average molecular weight is 344 g/mol. The number of hydrogen-bond acceptors (Lipinski definition) is 4. The molecule has 0 aliphatic carbocycles. The third kappa shape index (κ3) is 3.20. The summed E-state index contributed by atoms with van der Waals surface area (Å²) in [5.74, 6) is 1.85. The number of hydrogen-bond donors (Lipinski definition) is 2. The summed E-state index contributed by atoms with van der Waals surface area (Å²) < 4.78 is 5.87. The van der Waals surface area contributed by atoms with Gasteiger partial charge in [0, 0.05) is 11.1 Å². The Morgan fingerprint density at radius 1 is 0.962 bits per heavy atom. The maximum Gasteiger partial charge on any atom is 0.188 e. The van der Waals surface area contributed by atoms with Gasteiger partial charge in [0.1, 0.15) is 23.9 Å². The highest BCUT2D eigenvalue weighted by Crippen LogP contribution is 2.27. The van der Waals surface area contributed by atoms with E-state index in [9.17, 15) is 4.79 Å². The van der Waals surface area contributed by atoms with Crippen LogP contribution in [0.4, 0.5) is 0 Å². The lowest BCUT2D eigenvalue weighted by molar-refractivity contribution is 0.0904. The Balaban J connectivity index is 1.67. The summed E-state index contributed by atoms with van der Waals surface area (Å²) in [7, 11) is 0. The van der Waals surface area contributed by atoms with Gasteiger partial charge in [-0.2, -0.15) is 0 Å². The van der Waals surface area contributed by atoms with Crippen molar-refractivity contribution in [3.63, 3.8) is 0 Å². The predicted octanol–water partition coefficient (Wildman–Crippen LogP) is 4.20. The molecule has 1 aromatic heterocycles. The molecule has 4 rings (SSSR count). The van der Waals surface area contributed by atoms with Crippen LogP contribution < -0.4 is 4.74 Å². The molecule has 0 aliphatic heterocycles. The fourth-order valence-corrected chi connectivity index (χ4v) is 2.74. The zero-order valence-corrected chi connectivity index (χ0v) is 13.8. The predicted molar refractivity (Wildman–Crippen MR) is 99.5 cm³/mol. The minimum absolute atomic E-state index is 0.318. The molecule has 0 amide bonds. The molecular formula is C21H16N2O3. The van der Waals surface area contributed by atoms with Gasteiger partial charge in [-0.05, 0) is 42.5 Å². The molecule has 0 atom stereocenters. The molecule has 3 aromatic carbocycles. The van der Waals surface area contributed by atoms with Crippen molar-refractivity contribution in [2.24, 2.45) is 0 Å². The van der Waals surface area contributed by atoms with Crippen LogP contribution in [0.5, 0.6) is 11.5 Å². The highest BCUT2D eigenvalue weighted by molar-refractivity contribution is 5.99. The van der Waals surface area contributed by atoms with Crippen molar-refractivity contribution in [1.82, 2.24) is 9.97 Å². The van der Waals surface area contributed by atoms with Crippen molar-refractivity contribution in [3.8, 4) is 22.9 Å². The van der Waals surface area contributed by atoms with Gasteiger partial charge in [-0.3, -0.25) is 4.79 Å². The normalized spacial score (nSPS) is 10.8. The number of carbonyl (C=O) groups is 1. The number of aliphatic hydroxyl groups is 1. The Morgan fingerprint density at radius 3 is 2.58 bits per heavy atom. The van der Waals surface area contributed by atoms with Gasteiger partial charge in [0.05, 0.1) is 11.0 Å². The number of imidazole rings is 1. The number of benzene rings is 3. The van der Waals surface area contributed by atoms with E-state index in [4.69, 9.17) is 9.84 Å². The highest BCUT2D eigenvalue weighted by Gasteiger charge is 2.10. The average Bonchev–Trinajstić information content (AvgIpc) is 3.12. The van der Waals surface area contributed by atoms with E-state index in [1.807, 2.05) is 54.6 Å². The van der Waals surface area contributed by atoms with Crippen molar-refractivity contribution in [1.29, 1.82) is 0 Å². The lowest BCUT2D eigenvalue weighted by Gasteiger charge is -2.06. The molecule has 26 heavy (non-hydrogen) atoms. The van der Waals surface area contributed by atoms with E-state index in [1.165, 1.54) is 0 Å². The number of aromatic amines is 1. The molecule has 2 N–H and O–H groups in total. The van der Waals surface area contributed by atoms with E-state index in [2.05, 4.69) is 9.97 Å². The third-order valence-electron chi connectivity index (χ3n) is 4.03. The fourth-order valence-electron chi connectivity index (χ4n) is 2.74. The molecule has 0 aliphatic rings. The zero-order chi connectivity index (χ0) is 17.9. The number of carbonyl (C=O) groups excluding carboxylic acids is 1. The van der Waals surface area contributed by atoms with Gasteiger partial charge in [0.25, 0.3) is 0 Å². The van der Waals surface area contributed by atoms with Gasteiger partial charge in [0.2, 0.25) is 0 Å². The molecule has 0 saturated carbocycles. The van der Waals surface area contributed by atoms with E-state index in [1.54, 1.807) is 18.2 Å². The first kappa shape index (κ1) is 16.1. The molecular weight excluding hydrogens is 328 g/mol. The smallest absolute Gasteiger partial charge is 0.188 e. The van der Waals surface area contributed by atoms with Crippen molar-refractivity contribution in [2.45, 2.75) is 0 Å². The van der Waals surface area contributed by atoms with E-state index in [0.717, 1.165) is 22.3 Å². The number of aromatic nitrogens is 2. The number of ether oxygens (including phenoxy) is 1. The maximum absolute atomic E-state index is 11.7. The number of nitrogens with one attached hydrogen (secondary N) is 1. The van der Waals surface area contributed by atoms with Gasteiger partial charge in [0.15, 0.2) is 5.78 Å². The number of nitrogens with zero attached hydrogens (tertiary/aromatic N) is 1. The van der Waals surface area contributed by atoms with Crippen LogP contribution in [0.15, 0.2) is 72.8 Å². The Bertz CT molecular complexity index is 1070. The summed E-state index contributed by atoms with van der Waals surface area (Å²) in [5.41, 5.74) is 2.83. The van der Waals surface area contributed by atoms with E-state index in [0.29, 0.717) is 17.1 Å². The molecule has 0 saturated heterocycles. The number of aliphatic hydroxyl groups excluding tert-OH is 1. The second kappa shape index (κ2) is 6.82. The zero-order valence-electron chi connectivity index (χ0n) is 13.8. The summed E-state index contributed by atoms with van der Waals surface area (Å²) in [6, 6.07) is 22.3. The first-order valence-electron chi connectivity index (χ1n) is 8.20. The van der Waals surface area contributed by atoms with Crippen LogP contribution in [0.3, 0.4) is 0 Å². The summed E-state index contributed by atoms with van der Waals surface area (Å²) >= 11 is 0. The van der Waals surface area contributed by atoms with Crippen molar-refractivity contribution in [3.05, 3.63) is 78.4 Å². The van der Waals surface area contributed by atoms with Crippen LogP contribution in [0.25, 0.3) is 22.4 Å². The van der Waals surface area contributed by atoms with Crippen LogP contribution in [-0.2, 0) is 0 Å². The monoisotopic (exact) mass is 344 g/mol. The molecule has 5 nitrogen and oxygen atoms in total. The van der Waals surface area contributed by atoms with Crippen LogP contribution in [-0.4, -0.2) is 27.5 Å². The van der Waals surface area contributed by atoms with Gasteiger partial charge < -0.3 is 14.8 Å². The van der Waals surface area contributed by atoms with Gasteiger partial charge in [-0.1, -0.05) is 30.3 Å². The minimum Gasteiger partial charge on any atom is -0.457 e. The lowest BCUT2D eigenvalue weighted by Crippen LogP contribution is -2.03. The molecule has 5 heteroatoms. The van der Waals surface area contributed by atoms with E-state index >= 15 is 0 Å². The summed E-state index contributed by atoms with van der Waals surface area (Å²) in [6.07, 6.45) is 0. The number of ketones is 1. The van der Waals surface area contributed by atoms with Crippen LogP contribution in [0.1, 0.15) is 10.4 Å². The summed E-state index contributed by atoms with van der Waals surface area (Å²) in [4.78, 5) is 19.4. The second-order valence-corrected chi connectivity index (χ2v) is 5.84. The summed E-state index contributed by atoms with van der Waals surface area (Å²) in [5, 5.41) is 9.01. The van der Waals surface area contributed by atoms with Crippen molar-refractivity contribution in [2.75, 3.05) is 6.61 Å². The number of H-pyrrole nitrogens is 1. The number of para-hydroxylation sites is 1. The summed E-state index contributed by atoms with van der Waals surface area (Å²) in [6.45, 7) is -0.509. The first-order valence-corrected chi connectivity index (χ1v) is 8.20. The van der Waals surface area contributed by atoms with Crippen molar-refractivity contribution >= 4 is 16.8 Å². The van der Waals surface area contributed by atoms with E-state index in [-0.39, 0.29) is 5.78 Å². The fraction of sp³-hybridized carbons (Fsp3) is 0.0476. The largest absolute Gasteiger partial charge is 0.457 e. The molecule has 0 fully saturated rings. The number of Topliss-reactive ketones (excluding diaryl/α,β-unsaturated/α-hetero) is 1. The second-order valence-electron chi connectivity index (χ2n) is 5.84. The van der Waals surface area contributed by atoms with Crippen LogP contribution in [0.2, 0.25) is 0 Å².